The monoisotopic (exact) mass is 378 g/mol. The molecule has 1 heterocycles. The lowest BCUT2D eigenvalue weighted by Crippen LogP contribution is -2.51. The highest BCUT2D eigenvalue weighted by Crippen LogP contribution is 2.23. The third kappa shape index (κ3) is 7.54. The van der Waals surface area contributed by atoms with Gasteiger partial charge in [-0.2, -0.15) is 0 Å². The number of piperazine rings is 1. The Balaban J connectivity index is 1.71. The van der Waals surface area contributed by atoms with E-state index in [1.54, 1.807) is 7.11 Å². The van der Waals surface area contributed by atoms with Gasteiger partial charge in [-0.15, -0.1) is 0 Å². The maximum atomic E-state index is 12.3. The van der Waals surface area contributed by atoms with Crippen LogP contribution in [-0.4, -0.2) is 87.8 Å². The third-order valence-electron chi connectivity index (χ3n) is 4.29. The molecule has 0 spiro atoms. The van der Waals surface area contributed by atoms with Crippen LogP contribution >= 0.6 is 0 Å². The van der Waals surface area contributed by atoms with Crippen molar-refractivity contribution in [3.8, 4) is 5.75 Å². The normalized spacial score (nSPS) is 15.3. The Morgan fingerprint density at radius 1 is 1.04 bits per heavy atom. The highest BCUT2D eigenvalue weighted by Gasteiger charge is 2.20. The van der Waals surface area contributed by atoms with Crippen LogP contribution in [0.3, 0.4) is 0 Å². The number of hydrogen-bond acceptors (Lipinski definition) is 6. The number of carbonyl (C=O) groups is 2. The van der Waals surface area contributed by atoms with Gasteiger partial charge in [0.05, 0.1) is 32.0 Å². The van der Waals surface area contributed by atoms with Crippen molar-refractivity contribution in [3.63, 3.8) is 0 Å². The van der Waals surface area contributed by atoms with Gasteiger partial charge >= 0.3 is 0 Å². The van der Waals surface area contributed by atoms with Crippen molar-refractivity contribution in [1.82, 2.24) is 15.1 Å². The average molecular weight is 378 g/mol. The summed E-state index contributed by atoms with van der Waals surface area (Å²) in [5.41, 5.74) is 0.690. The zero-order valence-corrected chi connectivity index (χ0v) is 16.2. The zero-order chi connectivity index (χ0) is 19.5. The lowest BCUT2D eigenvalue weighted by molar-refractivity contribution is -0.123. The van der Waals surface area contributed by atoms with Crippen molar-refractivity contribution in [1.29, 1.82) is 0 Å². The first-order chi connectivity index (χ1) is 13.1. The van der Waals surface area contributed by atoms with Crippen molar-refractivity contribution in [3.05, 3.63) is 24.3 Å². The fraction of sp³-hybridized carbons (Fsp3) is 0.579. The van der Waals surface area contributed by atoms with Gasteiger partial charge in [0.15, 0.2) is 0 Å². The Kier molecular flexibility index (Phi) is 9.03. The number of carbonyl (C=O) groups excluding carboxylic acids is 2. The van der Waals surface area contributed by atoms with Crippen LogP contribution in [0.2, 0.25) is 0 Å². The summed E-state index contributed by atoms with van der Waals surface area (Å²) in [6.45, 7) is 7.25. The summed E-state index contributed by atoms with van der Waals surface area (Å²) in [5, 5.41) is 5.74. The molecule has 27 heavy (non-hydrogen) atoms. The Bertz CT molecular complexity index is 603. The molecule has 0 aliphatic carbocycles. The van der Waals surface area contributed by atoms with E-state index >= 15 is 0 Å². The van der Waals surface area contributed by atoms with E-state index in [2.05, 4.69) is 20.4 Å². The highest BCUT2D eigenvalue weighted by molar-refractivity contribution is 5.93. The topological polar surface area (TPSA) is 83.1 Å². The van der Waals surface area contributed by atoms with Crippen molar-refractivity contribution < 1.29 is 19.1 Å². The van der Waals surface area contributed by atoms with Crippen molar-refractivity contribution in [2.24, 2.45) is 0 Å². The van der Waals surface area contributed by atoms with E-state index in [0.717, 1.165) is 26.2 Å². The van der Waals surface area contributed by atoms with Gasteiger partial charge in [0.25, 0.3) is 0 Å². The molecule has 1 aromatic carbocycles. The number of benzene rings is 1. The number of rotatable bonds is 10. The molecule has 2 rings (SSSR count). The molecule has 0 radical (unpaired) electrons. The van der Waals surface area contributed by atoms with Gasteiger partial charge in [-0.1, -0.05) is 12.1 Å². The van der Waals surface area contributed by atoms with E-state index in [4.69, 9.17) is 9.47 Å². The van der Waals surface area contributed by atoms with Crippen molar-refractivity contribution in [2.45, 2.75) is 6.92 Å². The second kappa shape index (κ2) is 11.5. The second-order valence-corrected chi connectivity index (χ2v) is 6.37. The van der Waals surface area contributed by atoms with Crippen LogP contribution in [0, 0.1) is 0 Å². The lowest BCUT2D eigenvalue weighted by Gasteiger charge is -2.33. The largest absolute Gasteiger partial charge is 0.492 e. The zero-order valence-electron chi connectivity index (χ0n) is 16.2. The van der Waals surface area contributed by atoms with Crippen molar-refractivity contribution >= 4 is 17.5 Å². The van der Waals surface area contributed by atoms with E-state index in [-0.39, 0.29) is 11.8 Å². The van der Waals surface area contributed by atoms with Crippen LogP contribution in [0.1, 0.15) is 6.92 Å². The molecule has 0 bridgehead atoms. The lowest BCUT2D eigenvalue weighted by atomic mass is 10.2. The maximum Gasteiger partial charge on any atom is 0.238 e. The molecule has 2 amide bonds. The van der Waals surface area contributed by atoms with Gasteiger partial charge in [-0.05, 0) is 19.1 Å². The van der Waals surface area contributed by atoms with Gasteiger partial charge in [-0.3, -0.25) is 19.4 Å². The number of nitrogens with one attached hydrogen (secondary N) is 2. The molecular formula is C19H30N4O4. The SMILES string of the molecule is CCOc1ccccc1NC(=O)CN1CCN(CC(=O)NCCOC)CC1. The Morgan fingerprint density at radius 2 is 1.67 bits per heavy atom. The number of anilines is 1. The van der Waals surface area contributed by atoms with Gasteiger partial charge in [0.1, 0.15) is 5.75 Å². The fourth-order valence-electron chi connectivity index (χ4n) is 2.90. The maximum absolute atomic E-state index is 12.3. The standard InChI is InChI=1S/C19H30N4O4/c1-3-27-17-7-5-4-6-16(17)21-19(25)15-23-11-9-22(10-12-23)14-18(24)20-8-13-26-2/h4-7H,3,8-15H2,1-2H3,(H,20,24)(H,21,25). The molecule has 1 aliphatic rings. The predicted molar refractivity (Wildman–Crippen MR) is 104 cm³/mol. The molecule has 1 aromatic rings. The number of para-hydroxylation sites is 2. The van der Waals surface area contributed by atoms with E-state index in [1.807, 2.05) is 31.2 Å². The average Bonchev–Trinajstić information content (AvgIpc) is 2.65. The smallest absolute Gasteiger partial charge is 0.238 e. The number of methoxy groups -OCH3 is 1. The Hall–Kier alpha value is -2.16. The summed E-state index contributed by atoms with van der Waals surface area (Å²) in [5.74, 6) is 0.622. The number of ether oxygens (including phenoxy) is 2. The van der Waals surface area contributed by atoms with Crippen LogP contribution in [0.25, 0.3) is 0 Å². The molecule has 0 saturated carbocycles. The van der Waals surface area contributed by atoms with Crippen LogP contribution in [0.4, 0.5) is 5.69 Å². The summed E-state index contributed by atoms with van der Waals surface area (Å²) in [4.78, 5) is 28.4. The molecule has 0 atom stereocenters. The van der Waals surface area contributed by atoms with Crippen molar-refractivity contribution in [2.75, 3.05) is 71.5 Å². The molecule has 2 N–H and O–H groups in total. The molecule has 150 valence electrons. The summed E-state index contributed by atoms with van der Waals surface area (Å²) >= 11 is 0. The summed E-state index contributed by atoms with van der Waals surface area (Å²) in [6.07, 6.45) is 0. The van der Waals surface area contributed by atoms with E-state index in [1.165, 1.54) is 0 Å². The first-order valence-corrected chi connectivity index (χ1v) is 9.34. The van der Waals surface area contributed by atoms with Gasteiger partial charge in [0, 0.05) is 39.8 Å². The first-order valence-electron chi connectivity index (χ1n) is 9.34. The minimum atomic E-state index is -0.0621. The highest BCUT2D eigenvalue weighted by atomic mass is 16.5. The number of amides is 2. The van der Waals surface area contributed by atoms with Crippen LogP contribution in [0.5, 0.6) is 5.75 Å². The fourth-order valence-corrected chi connectivity index (χ4v) is 2.90. The Labute approximate surface area is 160 Å². The summed E-state index contributed by atoms with van der Waals surface area (Å²) in [6, 6.07) is 7.43. The Morgan fingerprint density at radius 3 is 2.30 bits per heavy atom. The van der Waals surface area contributed by atoms with E-state index in [9.17, 15) is 9.59 Å². The molecule has 1 saturated heterocycles. The van der Waals surface area contributed by atoms with Crippen LogP contribution in [0.15, 0.2) is 24.3 Å². The van der Waals surface area contributed by atoms with Gasteiger partial charge in [-0.25, -0.2) is 0 Å². The second-order valence-electron chi connectivity index (χ2n) is 6.37. The molecule has 0 aromatic heterocycles. The summed E-state index contributed by atoms with van der Waals surface area (Å²) < 4.78 is 10.4. The predicted octanol–water partition coefficient (Wildman–Crippen LogP) is 0.404. The number of nitrogens with zero attached hydrogens (tertiary/aromatic N) is 2. The first kappa shape index (κ1) is 21.1. The van der Waals surface area contributed by atoms with Gasteiger partial charge < -0.3 is 20.1 Å². The van der Waals surface area contributed by atoms with Gasteiger partial charge in [0.2, 0.25) is 11.8 Å². The quantitative estimate of drug-likeness (QED) is 0.574. The van der Waals surface area contributed by atoms with E-state index in [0.29, 0.717) is 44.3 Å². The molecular weight excluding hydrogens is 348 g/mol. The molecule has 8 heteroatoms. The summed E-state index contributed by atoms with van der Waals surface area (Å²) in [7, 11) is 1.61. The minimum Gasteiger partial charge on any atom is -0.492 e. The van der Waals surface area contributed by atoms with Crippen LogP contribution < -0.4 is 15.4 Å². The number of hydrogen-bond donors (Lipinski definition) is 2. The molecule has 0 unspecified atom stereocenters. The minimum absolute atomic E-state index is 0.00535. The molecule has 8 nitrogen and oxygen atoms in total. The third-order valence-corrected chi connectivity index (χ3v) is 4.29. The van der Waals surface area contributed by atoms with E-state index < -0.39 is 0 Å². The molecule has 1 aliphatic heterocycles. The van der Waals surface area contributed by atoms with Crippen LogP contribution in [-0.2, 0) is 14.3 Å². The molecule has 1 fully saturated rings.